The first-order chi connectivity index (χ1) is 10.4. The summed E-state index contributed by atoms with van der Waals surface area (Å²) in [6, 6.07) is 6.38. The second kappa shape index (κ2) is 5.33. The van der Waals surface area contributed by atoms with Crippen LogP contribution in [0.1, 0.15) is 18.4 Å². The lowest BCUT2D eigenvalue weighted by molar-refractivity contribution is 0.344. The van der Waals surface area contributed by atoms with Gasteiger partial charge in [0.2, 0.25) is 0 Å². The van der Waals surface area contributed by atoms with Gasteiger partial charge in [0.05, 0.1) is 5.69 Å². The molecule has 0 bridgehead atoms. The van der Waals surface area contributed by atoms with Crippen LogP contribution in [0.15, 0.2) is 37.1 Å². The van der Waals surface area contributed by atoms with Gasteiger partial charge in [0.1, 0.15) is 12.7 Å². The Bertz CT molecular complexity index is 722. The Morgan fingerprint density at radius 2 is 2.10 bits per heavy atom. The van der Waals surface area contributed by atoms with Crippen LogP contribution in [0.4, 0.5) is 0 Å². The van der Waals surface area contributed by atoms with Gasteiger partial charge in [-0.1, -0.05) is 0 Å². The number of hydrogen-bond acceptors (Lipinski definition) is 3. The number of fused-ring (bicyclic) bond motifs is 1. The van der Waals surface area contributed by atoms with Crippen molar-refractivity contribution < 1.29 is 0 Å². The highest BCUT2D eigenvalue weighted by Gasteiger charge is 2.12. The van der Waals surface area contributed by atoms with E-state index in [0.29, 0.717) is 0 Å². The van der Waals surface area contributed by atoms with E-state index in [9.17, 15) is 0 Å². The molecule has 0 atom stereocenters. The molecule has 1 aromatic carbocycles. The molecule has 0 unspecified atom stereocenters. The molecule has 0 amide bonds. The SMILES string of the molecule is c1ncn(-c2ccc3[nH]cc(CCN4CCCC4)c3c2)n1. The van der Waals surface area contributed by atoms with Crippen LogP contribution < -0.4 is 0 Å². The van der Waals surface area contributed by atoms with Crippen molar-refractivity contribution in [1.29, 1.82) is 0 Å². The van der Waals surface area contributed by atoms with E-state index in [0.717, 1.165) is 18.7 Å². The second-order valence-corrected chi connectivity index (χ2v) is 5.68. The van der Waals surface area contributed by atoms with E-state index < -0.39 is 0 Å². The normalized spacial score (nSPS) is 16.0. The topological polar surface area (TPSA) is 49.7 Å². The summed E-state index contributed by atoms with van der Waals surface area (Å²) in [7, 11) is 0. The number of hydrogen-bond donors (Lipinski definition) is 1. The summed E-state index contributed by atoms with van der Waals surface area (Å²) in [5.74, 6) is 0. The average molecular weight is 281 g/mol. The van der Waals surface area contributed by atoms with Crippen LogP contribution in [-0.2, 0) is 6.42 Å². The minimum absolute atomic E-state index is 1.06. The number of likely N-dealkylation sites (tertiary alicyclic amines) is 1. The van der Waals surface area contributed by atoms with Gasteiger partial charge in [-0.05, 0) is 56.1 Å². The third kappa shape index (κ3) is 2.45. The quantitative estimate of drug-likeness (QED) is 0.799. The second-order valence-electron chi connectivity index (χ2n) is 5.68. The first-order valence-electron chi connectivity index (χ1n) is 7.57. The van der Waals surface area contributed by atoms with Crippen LogP contribution in [0.25, 0.3) is 16.6 Å². The summed E-state index contributed by atoms with van der Waals surface area (Å²) in [5.41, 5.74) is 3.64. The Hall–Kier alpha value is -2.14. The van der Waals surface area contributed by atoms with E-state index in [1.807, 2.05) is 0 Å². The minimum Gasteiger partial charge on any atom is -0.361 e. The molecule has 3 heterocycles. The Balaban J connectivity index is 1.61. The molecule has 1 fully saturated rings. The molecule has 0 radical (unpaired) electrons. The van der Waals surface area contributed by atoms with Gasteiger partial charge in [0, 0.05) is 23.6 Å². The molecule has 21 heavy (non-hydrogen) atoms. The maximum Gasteiger partial charge on any atom is 0.138 e. The van der Waals surface area contributed by atoms with Gasteiger partial charge in [-0.15, -0.1) is 0 Å². The molecule has 3 aromatic rings. The first kappa shape index (κ1) is 12.6. The molecule has 108 valence electrons. The lowest BCUT2D eigenvalue weighted by Gasteiger charge is -2.13. The fraction of sp³-hybridized carbons (Fsp3) is 0.375. The van der Waals surface area contributed by atoms with E-state index in [1.165, 1.54) is 42.4 Å². The lowest BCUT2D eigenvalue weighted by Crippen LogP contribution is -2.21. The summed E-state index contributed by atoms with van der Waals surface area (Å²) < 4.78 is 1.80. The molecule has 0 saturated carbocycles. The first-order valence-corrected chi connectivity index (χ1v) is 7.57. The van der Waals surface area contributed by atoms with E-state index in [2.05, 4.69) is 44.4 Å². The molecular formula is C16H19N5. The fourth-order valence-corrected chi connectivity index (χ4v) is 3.14. The number of aromatic nitrogens is 4. The molecule has 5 heteroatoms. The maximum atomic E-state index is 4.20. The van der Waals surface area contributed by atoms with Crippen LogP contribution in [-0.4, -0.2) is 44.3 Å². The van der Waals surface area contributed by atoms with Gasteiger partial charge in [-0.2, -0.15) is 5.10 Å². The predicted octanol–water partition coefficient (Wildman–Crippen LogP) is 2.39. The Labute approximate surface area is 123 Å². The van der Waals surface area contributed by atoms with Crippen LogP contribution >= 0.6 is 0 Å². The fourth-order valence-electron chi connectivity index (χ4n) is 3.14. The Morgan fingerprint density at radius 3 is 2.90 bits per heavy atom. The van der Waals surface area contributed by atoms with Crippen molar-refractivity contribution in [1.82, 2.24) is 24.6 Å². The molecule has 1 aliphatic heterocycles. The molecule has 4 rings (SSSR count). The summed E-state index contributed by atoms with van der Waals surface area (Å²) in [4.78, 5) is 9.94. The highest BCUT2D eigenvalue weighted by Crippen LogP contribution is 2.22. The van der Waals surface area contributed by atoms with Crippen LogP contribution in [0.2, 0.25) is 0 Å². The summed E-state index contributed by atoms with van der Waals surface area (Å²) in [5, 5.41) is 5.50. The van der Waals surface area contributed by atoms with Crippen molar-refractivity contribution in [3.8, 4) is 5.69 Å². The van der Waals surface area contributed by atoms with E-state index in [1.54, 1.807) is 17.3 Å². The van der Waals surface area contributed by atoms with Gasteiger partial charge in [0.25, 0.3) is 0 Å². The number of H-pyrrole nitrogens is 1. The summed E-state index contributed by atoms with van der Waals surface area (Å²) in [6.45, 7) is 3.67. The molecular weight excluding hydrogens is 262 g/mol. The Kier molecular flexibility index (Phi) is 3.20. The van der Waals surface area contributed by atoms with E-state index in [4.69, 9.17) is 0 Å². The zero-order chi connectivity index (χ0) is 14.1. The van der Waals surface area contributed by atoms with Crippen LogP contribution in [0.5, 0.6) is 0 Å². The van der Waals surface area contributed by atoms with Gasteiger partial charge in [-0.3, -0.25) is 0 Å². The number of nitrogens with zero attached hydrogens (tertiary/aromatic N) is 4. The monoisotopic (exact) mass is 281 g/mol. The molecule has 1 aliphatic rings. The largest absolute Gasteiger partial charge is 0.361 e. The van der Waals surface area contributed by atoms with Crippen molar-refractivity contribution in [3.63, 3.8) is 0 Å². The van der Waals surface area contributed by atoms with Crippen molar-refractivity contribution >= 4 is 10.9 Å². The number of rotatable bonds is 4. The van der Waals surface area contributed by atoms with Crippen LogP contribution in [0.3, 0.4) is 0 Å². The smallest absolute Gasteiger partial charge is 0.138 e. The molecule has 1 saturated heterocycles. The molecule has 1 N–H and O–H groups in total. The molecule has 0 spiro atoms. The van der Waals surface area contributed by atoms with Gasteiger partial charge in [0.15, 0.2) is 0 Å². The van der Waals surface area contributed by atoms with Gasteiger partial charge in [-0.25, -0.2) is 9.67 Å². The highest BCUT2D eigenvalue weighted by molar-refractivity contribution is 5.85. The highest BCUT2D eigenvalue weighted by atomic mass is 15.3. The van der Waals surface area contributed by atoms with Crippen molar-refractivity contribution in [2.75, 3.05) is 19.6 Å². The average Bonchev–Trinajstić information content (AvgIpc) is 3.25. The van der Waals surface area contributed by atoms with Crippen molar-refractivity contribution in [2.24, 2.45) is 0 Å². The van der Waals surface area contributed by atoms with Crippen molar-refractivity contribution in [2.45, 2.75) is 19.3 Å². The Morgan fingerprint density at radius 1 is 1.19 bits per heavy atom. The zero-order valence-electron chi connectivity index (χ0n) is 12.0. The molecule has 0 aliphatic carbocycles. The minimum atomic E-state index is 1.06. The van der Waals surface area contributed by atoms with Gasteiger partial charge < -0.3 is 9.88 Å². The zero-order valence-corrected chi connectivity index (χ0v) is 12.0. The number of nitrogens with one attached hydrogen (secondary N) is 1. The standard InChI is InChI=1S/C16H19N5/c1-2-7-20(6-1)8-5-13-10-18-16-4-3-14(9-15(13)16)21-12-17-11-19-21/h3-4,9-12,18H,1-2,5-8H2. The lowest BCUT2D eigenvalue weighted by atomic mass is 10.1. The molecule has 2 aromatic heterocycles. The molecule has 5 nitrogen and oxygen atoms in total. The van der Waals surface area contributed by atoms with Crippen LogP contribution in [0, 0.1) is 0 Å². The van der Waals surface area contributed by atoms with Crippen molar-refractivity contribution in [3.05, 3.63) is 42.6 Å². The van der Waals surface area contributed by atoms with E-state index >= 15 is 0 Å². The summed E-state index contributed by atoms with van der Waals surface area (Å²) >= 11 is 0. The maximum absolute atomic E-state index is 4.20. The number of aromatic amines is 1. The summed E-state index contributed by atoms with van der Waals surface area (Å²) in [6.07, 6.45) is 9.24. The predicted molar refractivity (Wildman–Crippen MR) is 82.6 cm³/mol. The third-order valence-electron chi connectivity index (χ3n) is 4.33. The van der Waals surface area contributed by atoms with E-state index in [-0.39, 0.29) is 0 Å². The third-order valence-corrected chi connectivity index (χ3v) is 4.33. The van der Waals surface area contributed by atoms with Gasteiger partial charge >= 0.3 is 0 Å². The number of benzene rings is 1.